The number of hydrogen-bond donors (Lipinski definition) is 3. The van der Waals surface area contributed by atoms with Crippen molar-refractivity contribution in [3.63, 3.8) is 0 Å². The molecule has 20 heavy (non-hydrogen) atoms. The van der Waals surface area contributed by atoms with Gasteiger partial charge >= 0.3 is 5.69 Å². The van der Waals surface area contributed by atoms with Crippen LogP contribution >= 0.6 is 11.3 Å². The zero-order valence-corrected chi connectivity index (χ0v) is 11.8. The van der Waals surface area contributed by atoms with Crippen LogP contribution in [0.2, 0.25) is 0 Å². The highest BCUT2D eigenvalue weighted by molar-refractivity contribution is 7.12. The van der Waals surface area contributed by atoms with Crippen LogP contribution in [-0.4, -0.2) is 14.9 Å². The third kappa shape index (κ3) is 3.00. The predicted molar refractivity (Wildman–Crippen MR) is 77.6 cm³/mol. The summed E-state index contributed by atoms with van der Waals surface area (Å²) in [4.78, 5) is 20.4. The molecule has 0 fully saturated rings. The van der Waals surface area contributed by atoms with E-state index in [0.29, 0.717) is 6.54 Å². The molecule has 0 unspecified atom stereocenters. The van der Waals surface area contributed by atoms with Crippen LogP contribution < -0.4 is 16.6 Å². The molecule has 0 aromatic carbocycles. The smallest absolute Gasteiger partial charge is 0.329 e. The molecule has 9 heteroatoms. The van der Waals surface area contributed by atoms with E-state index < -0.39 is 4.92 Å². The molecule has 2 rings (SSSR count). The molecular formula is C11H14N6O2S. The number of nitrogens with zero attached hydrogens (tertiary/aromatic N) is 3. The summed E-state index contributed by atoms with van der Waals surface area (Å²) in [6.45, 7) is 4.52. The van der Waals surface area contributed by atoms with Crippen molar-refractivity contribution in [1.82, 2.24) is 9.97 Å². The Hall–Kier alpha value is -2.26. The van der Waals surface area contributed by atoms with E-state index in [-0.39, 0.29) is 17.5 Å². The monoisotopic (exact) mass is 294 g/mol. The van der Waals surface area contributed by atoms with E-state index in [1.165, 1.54) is 10.4 Å². The molecule has 106 valence electrons. The van der Waals surface area contributed by atoms with Crippen molar-refractivity contribution in [3.8, 4) is 0 Å². The van der Waals surface area contributed by atoms with Crippen molar-refractivity contribution in [3.05, 3.63) is 37.7 Å². The summed E-state index contributed by atoms with van der Waals surface area (Å²) >= 11 is 1.64. The van der Waals surface area contributed by atoms with Crippen LogP contribution in [-0.2, 0) is 6.54 Å². The summed E-state index contributed by atoms with van der Waals surface area (Å²) in [7, 11) is 0. The fourth-order valence-corrected chi connectivity index (χ4v) is 2.61. The number of aromatic nitrogens is 2. The van der Waals surface area contributed by atoms with Crippen molar-refractivity contribution < 1.29 is 4.92 Å². The van der Waals surface area contributed by atoms with Gasteiger partial charge in [-0.1, -0.05) is 0 Å². The van der Waals surface area contributed by atoms with Crippen molar-refractivity contribution in [1.29, 1.82) is 0 Å². The van der Waals surface area contributed by atoms with Gasteiger partial charge in [0, 0.05) is 9.75 Å². The fraction of sp³-hybridized carbons (Fsp3) is 0.273. The van der Waals surface area contributed by atoms with Gasteiger partial charge in [-0.2, -0.15) is 4.98 Å². The number of hydrazine groups is 1. The molecule has 0 aliphatic rings. The van der Waals surface area contributed by atoms with Gasteiger partial charge in [-0.15, -0.1) is 11.3 Å². The van der Waals surface area contributed by atoms with Gasteiger partial charge in [0.15, 0.2) is 0 Å². The highest BCUT2D eigenvalue weighted by Crippen LogP contribution is 2.25. The van der Waals surface area contributed by atoms with Gasteiger partial charge in [0.1, 0.15) is 6.20 Å². The van der Waals surface area contributed by atoms with E-state index in [0.717, 1.165) is 11.1 Å². The van der Waals surface area contributed by atoms with Gasteiger partial charge in [0.25, 0.3) is 0 Å². The molecule has 0 saturated carbocycles. The van der Waals surface area contributed by atoms with Gasteiger partial charge in [0.05, 0.1) is 11.5 Å². The van der Waals surface area contributed by atoms with Gasteiger partial charge in [-0.3, -0.25) is 15.5 Å². The molecule has 0 aliphatic heterocycles. The lowest BCUT2D eigenvalue weighted by molar-refractivity contribution is -0.384. The third-order valence-corrected chi connectivity index (χ3v) is 3.89. The SMILES string of the molecule is Cc1cc(CNc2nc(NN)ncc2[N+](=O)[O-])sc1C. The predicted octanol–water partition coefficient (Wildman–Crippen LogP) is 1.96. The average molecular weight is 294 g/mol. The second-order valence-electron chi connectivity index (χ2n) is 4.13. The number of nitrogens with one attached hydrogen (secondary N) is 2. The van der Waals surface area contributed by atoms with E-state index in [2.05, 4.69) is 20.7 Å². The van der Waals surface area contributed by atoms with Crippen molar-refractivity contribution in [2.24, 2.45) is 5.84 Å². The molecule has 2 heterocycles. The molecule has 0 spiro atoms. The highest BCUT2D eigenvalue weighted by atomic mass is 32.1. The Labute approximate surface area is 119 Å². The highest BCUT2D eigenvalue weighted by Gasteiger charge is 2.17. The summed E-state index contributed by atoms with van der Waals surface area (Å²) in [6.07, 6.45) is 1.12. The summed E-state index contributed by atoms with van der Waals surface area (Å²) in [5.41, 5.74) is 3.28. The summed E-state index contributed by atoms with van der Waals surface area (Å²) < 4.78 is 0. The van der Waals surface area contributed by atoms with Crippen LogP contribution in [0.4, 0.5) is 17.5 Å². The van der Waals surface area contributed by atoms with Gasteiger partial charge in [-0.25, -0.2) is 10.8 Å². The number of nitrogen functional groups attached to an aromatic ring is 1. The fourth-order valence-electron chi connectivity index (χ4n) is 1.62. The molecule has 0 saturated heterocycles. The first-order chi connectivity index (χ1) is 9.51. The Kier molecular flexibility index (Phi) is 4.11. The number of thiophene rings is 1. The summed E-state index contributed by atoms with van der Waals surface area (Å²) in [6, 6.07) is 2.04. The molecule has 0 atom stereocenters. The maximum atomic E-state index is 10.9. The summed E-state index contributed by atoms with van der Waals surface area (Å²) in [5, 5.41) is 13.9. The van der Waals surface area contributed by atoms with Crippen LogP contribution in [0.5, 0.6) is 0 Å². The molecule has 0 amide bonds. The first-order valence-electron chi connectivity index (χ1n) is 5.79. The van der Waals surface area contributed by atoms with E-state index in [1.807, 2.05) is 19.9 Å². The average Bonchev–Trinajstić information content (AvgIpc) is 2.75. The standard InChI is InChI=1S/C11H14N6O2S/c1-6-3-8(20-7(6)2)4-13-10-9(17(18)19)5-14-11(15-10)16-12/h3,5H,4,12H2,1-2H3,(H2,13,14,15,16). The third-order valence-electron chi connectivity index (χ3n) is 2.74. The van der Waals surface area contributed by atoms with Crippen molar-refractivity contribution in [2.75, 3.05) is 10.7 Å². The van der Waals surface area contributed by atoms with Crippen LogP contribution in [0.15, 0.2) is 12.3 Å². The van der Waals surface area contributed by atoms with Crippen LogP contribution in [0.1, 0.15) is 15.3 Å². The lowest BCUT2D eigenvalue weighted by atomic mass is 10.3. The molecule has 2 aromatic heterocycles. The van der Waals surface area contributed by atoms with E-state index in [4.69, 9.17) is 5.84 Å². The minimum Gasteiger partial charge on any atom is -0.359 e. The Morgan fingerprint density at radius 2 is 2.25 bits per heavy atom. The number of nitrogens with two attached hydrogens (primary N) is 1. The molecular weight excluding hydrogens is 280 g/mol. The second-order valence-corrected chi connectivity index (χ2v) is 5.48. The molecule has 8 nitrogen and oxygen atoms in total. The lowest BCUT2D eigenvalue weighted by Gasteiger charge is -2.06. The zero-order chi connectivity index (χ0) is 14.7. The summed E-state index contributed by atoms with van der Waals surface area (Å²) in [5.74, 6) is 5.47. The maximum absolute atomic E-state index is 10.9. The molecule has 0 radical (unpaired) electrons. The maximum Gasteiger partial charge on any atom is 0.329 e. The van der Waals surface area contributed by atoms with Gasteiger partial charge < -0.3 is 5.32 Å². The van der Waals surface area contributed by atoms with Crippen LogP contribution in [0, 0.1) is 24.0 Å². The largest absolute Gasteiger partial charge is 0.359 e. The van der Waals surface area contributed by atoms with Gasteiger partial charge in [-0.05, 0) is 25.5 Å². The Morgan fingerprint density at radius 3 is 2.80 bits per heavy atom. The first-order valence-corrected chi connectivity index (χ1v) is 6.60. The molecule has 2 aromatic rings. The minimum atomic E-state index is -0.534. The lowest BCUT2D eigenvalue weighted by Crippen LogP contribution is -2.13. The first kappa shape index (κ1) is 14.2. The molecule has 0 aliphatic carbocycles. The minimum absolute atomic E-state index is 0.122. The number of anilines is 2. The Bertz CT molecular complexity index is 622. The van der Waals surface area contributed by atoms with E-state index in [9.17, 15) is 10.1 Å². The number of rotatable bonds is 5. The number of hydrogen-bond acceptors (Lipinski definition) is 8. The van der Waals surface area contributed by atoms with Crippen LogP contribution in [0.25, 0.3) is 0 Å². The van der Waals surface area contributed by atoms with Crippen molar-refractivity contribution >= 4 is 28.8 Å². The van der Waals surface area contributed by atoms with Crippen LogP contribution in [0.3, 0.4) is 0 Å². The topological polar surface area (TPSA) is 119 Å². The van der Waals surface area contributed by atoms with Crippen molar-refractivity contribution in [2.45, 2.75) is 20.4 Å². The number of nitro groups is 1. The van der Waals surface area contributed by atoms with E-state index >= 15 is 0 Å². The normalized spacial score (nSPS) is 10.3. The van der Waals surface area contributed by atoms with Gasteiger partial charge in [0.2, 0.25) is 11.8 Å². The molecule has 0 bridgehead atoms. The Balaban J connectivity index is 2.20. The zero-order valence-electron chi connectivity index (χ0n) is 11.0. The Morgan fingerprint density at radius 1 is 1.50 bits per heavy atom. The van der Waals surface area contributed by atoms with E-state index in [1.54, 1.807) is 11.3 Å². The second kappa shape index (κ2) is 5.80. The number of aryl methyl sites for hydroxylation is 2. The molecule has 4 N–H and O–H groups in total. The quantitative estimate of drug-likeness (QED) is 0.438.